The van der Waals surface area contributed by atoms with Crippen LogP contribution in [0.4, 0.5) is 0 Å². The van der Waals surface area contributed by atoms with Crippen LogP contribution >= 0.6 is 11.3 Å². The summed E-state index contributed by atoms with van der Waals surface area (Å²) in [6, 6.07) is 13.6. The molecule has 1 unspecified atom stereocenters. The van der Waals surface area contributed by atoms with Crippen LogP contribution in [0, 0.1) is 0 Å². The standard InChI is InChI=1S/C18H19N3O2S/c1-13(12-22)19-18(23)15-11-21(10-14-6-3-2-4-7-14)20-17(15)16-8-5-9-24-16/h2-9,11,13,22H,10,12H2,1H3,(H,19,23). The van der Waals surface area contributed by atoms with Gasteiger partial charge >= 0.3 is 0 Å². The Morgan fingerprint density at radius 2 is 2.08 bits per heavy atom. The molecule has 0 saturated carbocycles. The van der Waals surface area contributed by atoms with E-state index in [1.807, 2.05) is 47.8 Å². The zero-order valence-corrected chi connectivity index (χ0v) is 14.2. The highest BCUT2D eigenvalue weighted by atomic mass is 32.1. The van der Waals surface area contributed by atoms with Crippen LogP contribution in [0.5, 0.6) is 0 Å². The van der Waals surface area contributed by atoms with Gasteiger partial charge in [0.2, 0.25) is 0 Å². The van der Waals surface area contributed by atoms with Crippen molar-refractivity contribution in [3.05, 3.63) is 65.2 Å². The second-order valence-corrected chi connectivity index (χ2v) is 6.56. The van der Waals surface area contributed by atoms with Crippen molar-refractivity contribution < 1.29 is 9.90 Å². The van der Waals surface area contributed by atoms with Crippen LogP contribution in [0.2, 0.25) is 0 Å². The van der Waals surface area contributed by atoms with Crippen LogP contribution in [0.25, 0.3) is 10.6 Å². The summed E-state index contributed by atoms with van der Waals surface area (Å²) in [4.78, 5) is 13.5. The van der Waals surface area contributed by atoms with Crippen LogP contribution in [-0.2, 0) is 6.54 Å². The molecular weight excluding hydrogens is 322 g/mol. The number of hydrogen-bond donors (Lipinski definition) is 2. The second kappa shape index (κ2) is 7.42. The lowest BCUT2D eigenvalue weighted by Crippen LogP contribution is -2.35. The normalized spacial score (nSPS) is 12.1. The van der Waals surface area contributed by atoms with Gasteiger partial charge in [-0.15, -0.1) is 11.3 Å². The van der Waals surface area contributed by atoms with Gasteiger partial charge in [-0.1, -0.05) is 36.4 Å². The van der Waals surface area contributed by atoms with Gasteiger partial charge in [0.05, 0.1) is 23.6 Å². The number of hydrogen-bond acceptors (Lipinski definition) is 4. The molecule has 0 spiro atoms. The van der Waals surface area contributed by atoms with E-state index in [1.54, 1.807) is 29.1 Å². The maximum Gasteiger partial charge on any atom is 0.255 e. The molecule has 0 aliphatic rings. The Balaban J connectivity index is 1.92. The van der Waals surface area contributed by atoms with E-state index in [9.17, 15) is 4.79 Å². The average Bonchev–Trinajstić information content (AvgIpc) is 3.24. The van der Waals surface area contributed by atoms with Crippen molar-refractivity contribution in [1.29, 1.82) is 0 Å². The second-order valence-electron chi connectivity index (χ2n) is 5.61. The van der Waals surface area contributed by atoms with Crippen LogP contribution in [0.15, 0.2) is 54.0 Å². The Labute approximate surface area is 144 Å². The lowest BCUT2D eigenvalue weighted by atomic mass is 10.2. The molecular formula is C18H19N3O2S. The zero-order valence-electron chi connectivity index (χ0n) is 13.3. The Hall–Kier alpha value is -2.44. The molecule has 24 heavy (non-hydrogen) atoms. The first-order valence-electron chi connectivity index (χ1n) is 7.74. The third kappa shape index (κ3) is 3.72. The van der Waals surface area contributed by atoms with Gasteiger partial charge in [-0.3, -0.25) is 9.48 Å². The molecule has 3 aromatic rings. The van der Waals surface area contributed by atoms with Crippen molar-refractivity contribution in [2.24, 2.45) is 0 Å². The Bertz CT molecular complexity index is 797. The van der Waals surface area contributed by atoms with E-state index in [0.717, 1.165) is 10.4 Å². The molecule has 3 rings (SSSR count). The van der Waals surface area contributed by atoms with E-state index in [-0.39, 0.29) is 18.6 Å². The summed E-state index contributed by atoms with van der Waals surface area (Å²) in [5, 5.41) is 18.5. The van der Waals surface area contributed by atoms with Crippen LogP contribution in [-0.4, -0.2) is 33.4 Å². The summed E-state index contributed by atoms with van der Waals surface area (Å²) < 4.78 is 1.78. The Morgan fingerprint density at radius 3 is 2.75 bits per heavy atom. The molecule has 0 aliphatic heterocycles. The van der Waals surface area contributed by atoms with E-state index < -0.39 is 0 Å². The van der Waals surface area contributed by atoms with Gasteiger partial charge in [0, 0.05) is 12.2 Å². The van der Waals surface area contributed by atoms with Gasteiger partial charge in [0.25, 0.3) is 5.91 Å². The summed E-state index contributed by atoms with van der Waals surface area (Å²) in [6.07, 6.45) is 1.77. The van der Waals surface area contributed by atoms with Gasteiger partial charge in [0.1, 0.15) is 5.69 Å². The van der Waals surface area contributed by atoms with E-state index in [0.29, 0.717) is 17.8 Å². The molecule has 1 aromatic carbocycles. The SMILES string of the molecule is CC(CO)NC(=O)c1cn(Cc2ccccc2)nc1-c1cccs1. The first kappa shape index (κ1) is 16.4. The van der Waals surface area contributed by atoms with E-state index >= 15 is 0 Å². The Kier molecular flexibility index (Phi) is 5.08. The quantitative estimate of drug-likeness (QED) is 0.724. The lowest BCUT2D eigenvalue weighted by molar-refractivity contribution is 0.0923. The third-order valence-electron chi connectivity index (χ3n) is 3.60. The highest BCUT2D eigenvalue weighted by Gasteiger charge is 2.19. The summed E-state index contributed by atoms with van der Waals surface area (Å²) in [6.45, 7) is 2.26. The highest BCUT2D eigenvalue weighted by Crippen LogP contribution is 2.27. The van der Waals surface area contributed by atoms with Crippen LogP contribution in [0.3, 0.4) is 0 Å². The molecule has 1 atom stereocenters. The zero-order chi connectivity index (χ0) is 16.9. The summed E-state index contributed by atoms with van der Waals surface area (Å²) >= 11 is 1.55. The van der Waals surface area contributed by atoms with E-state index in [2.05, 4.69) is 10.4 Å². The number of carbonyl (C=O) groups is 1. The molecule has 0 aliphatic carbocycles. The van der Waals surface area contributed by atoms with E-state index in [1.165, 1.54) is 0 Å². The number of aliphatic hydroxyl groups excluding tert-OH is 1. The van der Waals surface area contributed by atoms with Gasteiger partial charge in [0.15, 0.2) is 0 Å². The first-order valence-corrected chi connectivity index (χ1v) is 8.62. The maximum atomic E-state index is 12.5. The molecule has 0 bridgehead atoms. The number of aliphatic hydroxyl groups is 1. The number of amides is 1. The van der Waals surface area contributed by atoms with E-state index in [4.69, 9.17) is 5.11 Å². The molecule has 6 heteroatoms. The van der Waals surface area contributed by atoms with Crippen molar-refractivity contribution in [2.45, 2.75) is 19.5 Å². The molecule has 124 valence electrons. The molecule has 2 N–H and O–H groups in total. The molecule has 1 amide bonds. The minimum absolute atomic E-state index is 0.0990. The summed E-state index contributed by atoms with van der Waals surface area (Å²) in [7, 11) is 0. The minimum Gasteiger partial charge on any atom is -0.394 e. The van der Waals surface area contributed by atoms with Crippen LogP contribution < -0.4 is 5.32 Å². The molecule has 5 nitrogen and oxygen atoms in total. The maximum absolute atomic E-state index is 12.5. The van der Waals surface area contributed by atoms with Crippen LogP contribution in [0.1, 0.15) is 22.8 Å². The third-order valence-corrected chi connectivity index (χ3v) is 4.48. The predicted molar refractivity (Wildman–Crippen MR) is 95.1 cm³/mol. The lowest BCUT2D eigenvalue weighted by Gasteiger charge is -2.10. The first-order chi connectivity index (χ1) is 11.7. The number of nitrogens with zero attached hydrogens (tertiary/aromatic N) is 2. The molecule has 2 heterocycles. The summed E-state index contributed by atoms with van der Waals surface area (Å²) in [5.41, 5.74) is 2.31. The fourth-order valence-corrected chi connectivity index (χ4v) is 3.10. The number of benzene rings is 1. The molecule has 2 aromatic heterocycles. The van der Waals surface area contributed by atoms with Crippen molar-refractivity contribution in [1.82, 2.24) is 15.1 Å². The fraction of sp³-hybridized carbons (Fsp3) is 0.222. The van der Waals surface area contributed by atoms with Gasteiger partial charge in [-0.2, -0.15) is 5.10 Å². The van der Waals surface area contributed by atoms with Gasteiger partial charge in [-0.05, 0) is 23.9 Å². The smallest absolute Gasteiger partial charge is 0.255 e. The molecule has 0 radical (unpaired) electrons. The molecule has 0 fully saturated rings. The van der Waals surface area contributed by atoms with Gasteiger partial charge in [-0.25, -0.2) is 0 Å². The minimum atomic E-state index is -0.300. The monoisotopic (exact) mass is 341 g/mol. The van der Waals surface area contributed by atoms with Crippen molar-refractivity contribution in [3.8, 4) is 10.6 Å². The van der Waals surface area contributed by atoms with Crippen molar-refractivity contribution in [2.75, 3.05) is 6.61 Å². The Morgan fingerprint density at radius 1 is 1.29 bits per heavy atom. The van der Waals surface area contributed by atoms with Gasteiger partial charge < -0.3 is 10.4 Å². The predicted octanol–water partition coefficient (Wildman–Crippen LogP) is 2.77. The van der Waals surface area contributed by atoms with Crippen molar-refractivity contribution in [3.63, 3.8) is 0 Å². The highest BCUT2D eigenvalue weighted by molar-refractivity contribution is 7.13. The number of carbonyl (C=O) groups excluding carboxylic acids is 1. The van der Waals surface area contributed by atoms with Crippen molar-refractivity contribution >= 4 is 17.2 Å². The summed E-state index contributed by atoms with van der Waals surface area (Å²) in [5.74, 6) is -0.223. The number of thiophene rings is 1. The average molecular weight is 341 g/mol. The largest absolute Gasteiger partial charge is 0.394 e. The number of nitrogens with one attached hydrogen (secondary N) is 1. The molecule has 0 saturated heterocycles. The number of rotatable bonds is 6. The topological polar surface area (TPSA) is 67.2 Å². The fourth-order valence-electron chi connectivity index (χ4n) is 2.38. The number of aromatic nitrogens is 2.